The maximum atomic E-state index is 11.5. The maximum Gasteiger partial charge on any atom is 0.309 e. The SMILES string of the molecule is COC(=O)C1CCC(C(=O)OCCO)CC1. The molecular weight excluding hydrogens is 212 g/mol. The van der Waals surface area contributed by atoms with Gasteiger partial charge in [-0.05, 0) is 25.7 Å². The molecule has 0 saturated heterocycles. The van der Waals surface area contributed by atoms with Crippen LogP contribution in [0, 0.1) is 11.8 Å². The Morgan fingerprint density at radius 1 is 1.12 bits per heavy atom. The average Bonchev–Trinajstić information content (AvgIpc) is 2.35. The van der Waals surface area contributed by atoms with Gasteiger partial charge in [-0.2, -0.15) is 0 Å². The lowest BCUT2D eigenvalue weighted by molar-refractivity contribution is -0.154. The topological polar surface area (TPSA) is 72.8 Å². The number of hydrogen-bond acceptors (Lipinski definition) is 5. The molecule has 0 unspecified atom stereocenters. The van der Waals surface area contributed by atoms with Crippen LogP contribution in [0.2, 0.25) is 0 Å². The van der Waals surface area contributed by atoms with Gasteiger partial charge in [-0.15, -0.1) is 0 Å². The number of aliphatic hydroxyl groups excluding tert-OH is 1. The molecule has 5 heteroatoms. The van der Waals surface area contributed by atoms with Gasteiger partial charge in [0.25, 0.3) is 0 Å². The Kier molecular flexibility index (Phi) is 5.25. The van der Waals surface area contributed by atoms with Crippen LogP contribution in [-0.2, 0) is 19.1 Å². The summed E-state index contributed by atoms with van der Waals surface area (Å²) in [6, 6.07) is 0. The van der Waals surface area contributed by atoms with Crippen molar-refractivity contribution in [2.24, 2.45) is 11.8 Å². The quantitative estimate of drug-likeness (QED) is 0.712. The van der Waals surface area contributed by atoms with Crippen LogP contribution < -0.4 is 0 Å². The molecule has 0 radical (unpaired) electrons. The Morgan fingerprint density at radius 3 is 2.06 bits per heavy atom. The van der Waals surface area contributed by atoms with Crippen molar-refractivity contribution < 1.29 is 24.2 Å². The number of esters is 2. The molecule has 0 aromatic heterocycles. The third-order valence-electron chi connectivity index (χ3n) is 2.93. The Morgan fingerprint density at radius 2 is 1.62 bits per heavy atom. The number of carbonyl (C=O) groups excluding carboxylic acids is 2. The zero-order valence-electron chi connectivity index (χ0n) is 9.48. The zero-order chi connectivity index (χ0) is 12.0. The molecule has 0 aliphatic heterocycles. The van der Waals surface area contributed by atoms with Gasteiger partial charge < -0.3 is 14.6 Å². The van der Waals surface area contributed by atoms with Crippen LogP contribution in [0.1, 0.15) is 25.7 Å². The van der Waals surface area contributed by atoms with Crippen LogP contribution >= 0.6 is 0 Å². The molecule has 0 amide bonds. The fourth-order valence-electron chi connectivity index (χ4n) is 2.00. The fourth-order valence-corrected chi connectivity index (χ4v) is 2.00. The molecule has 0 heterocycles. The average molecular weight is 230 g/mol. The lowest BCUT2D eigenvalue weighted by Gasteiger charge is -2.25. The molecule has 92 valence electrons. The van der Waals surface area contributed by atoms with E-state index in [4.69, 9.17) is 9.84 Å². The first-order valence-electron chi connectivity index (χ1n) is 5.54. The Labute approximate surface area is 94.7 Å². The summed E-state index contributed by atoms with van der Waals surface area (Å²) >= 11 is 0. The van der Waals surface area contributed by atoms with E-state index in [0.29, 0.717) is 25.7 Å². The van der Waals surface area contributed by atoms with Crippen molar-refractivity contribution in [3.05, 3.63) is 0 Å². The number of rotatable bonds is 4. The van der Waals surface area contributed by atoms with E-state index in [-0.39, 0.29) is 37.0 Å². The van der Waals surface area contributed by atoms with Crippen LogP contribution in [0.3, 0.4) is 0 Å². The van der Waals surface area contributed by atoms with E-state index >= 15 is 0 Å². The smallest absolute Gasteiger partial charge is 0.309 e. The second-order valence-electron chi connectivity index (χ2n) is 3.96. The fraction of sp³-hybridized carbons (Fsp3) is 0.818. The third kappa shape index (κ3) is 3.48. The van der Waals surface area contributed by atoms with Gasteiger partial charge in [-0.1, -0.05) is 0 Å². The van der Waals surface area contributed by atoms with E-state index < -0.39 is 0 Å². The molecule has 0 aromatic rings. The van der Waals surface area contributed by atoms with Crippen molar-refractivity contribution in [1.82, 2.24) is 0 Å². The minimum absolute atomic E-state index is 0.0514. The summed E-state index contributed by atoms with van der Waals surface area (Å²) < 4.78 is 9.51. The first-order chi connectivity index (χ1) is 7.69. The van der Waals surface area contributed by atoms with Crippen molar-refractivity contribution in [3.8, 4) is 0 Å². The van der Waals surface area contributed by atoms with Crippen molar-refractivity contribution in [3.63, 3.8) is 0 Å². The Balaban J connectivity index is 2.31. The summed E-state index contributed by atoms with van der Waals surface area (Å²) in [6.45, 7) is -0.0982. The van der Waals surface area contributed by atoms with Gasteiger partial charge in [-0.3, -0.25) is 9.59 Å². The van der Waals surface area contributed by atoms with E-state index in [1.165, 1.54) is 7.11 Å². The first kappa shape index (κ1) is 13.0. The molecule has 0 bridgehead atoms. The van der Waals surface area contributed by atoms with Crippen LogP contribution in [0.4, 0.5) is 0 Å². The minimum atomic E-state index is -0.266. The highest BCUT2D eigenvalue weighted by molar-refractivity contribution is 5.75. The van der Waals surface area contributed by atoms with Gasteiger partial charge in [0.15, 0.2) is 0 Å². The molecule has 5 nitrogen and oxygen atoms in total. The van der Waals surface area contributed by atoms with Gasteiger partial charge in [0, 0.05) is 0 Å². The van der Waals surface area contributed by atoms with Crippen LogP contribution in [0.25, 0.3) is 0 Å². The summed E-state index contributed by atoms with van der Waals surface area (Å²) in [5.74, 6) is -0.668. The lowest BCUT2D eigenvalue weighted by Crippen LogP contribution is -2.28. The minimum Gasteiger partial charge on any atom is -0.469 e. The molecule has 1 saturated carbocycles. The van der Waals surface area contributed by atoms with Crippen molar-refractivity contribution in [2.45, 2.75) is 25.7 Å². The summed E-state index contributed by atoms with van der Waals surface area (Å²) in [5.41, 5.74) is 0. The molecule has 1 rings (SSSR count). The molecule has 0 spiro atoms. The molecule has 0 atom stereocenters. The number of aliphatic hydroxyl groups is 1. The summed E-state index contributed by atoms with van der Waals surface area (Å²) in [7, 11) is 1.38. The Hall–Kier alpha value is -1.10. The standard InChI is InChI=1S/C11H18O5/c1-15-10(13)8-2-4-9(5-3-8)11(14)16-7-6-12/h8-9,12H,2-7H2,1H3. The largest absolute Gasteiger partial charge is 0.469 e. The lowest BCUT2D eigenvalue weighted by atomic mass is 9.82. The molecule has 1 aliphatic carbocycles. The summed E-state index contributed by atoms with van der Waals surface area (Å²) in [4.78, 5) is 22.7. The molecule has 1 fully saturated rings. The van der Waals surface area contributed by atoms with Crippen molar-refractivity contribution in [1.29, 1.82) is 0 Å². The normalized spacial score (nSPS) is 24.9. The molecular formula is C11H18O5. The molecule has 1 N–H and O–H groups in total. The highest BCUT2D eigenvalue weighted by Crippen LogP contribution is 2.30. The monoisotopic (exact) mass is 230 g/mol. The molecule has 1 aliphatic rings. The number of carbonyl (C=O) groups is 2. The van der Waals surface area contributed by atoms with Crippen LogP contribution in [0.5, 0.6) is 0 Å². The summed E-state index contributed by atoms with van der Waals surface area (Å²) in [6.07, 6.45) is 2.66. The van der Waals surface area contributed by atoms with E-state index in [1.807, 2.05) is 0 Å². The van der Waals surface area contributed by atoms with E-state index in [1.54, 1.807) is 0 Å². The van der Waals surface area contributed by atoms with Gasteiger partial charge in [0.2, 0.25) is 0 Å². The van der Waals surface area contributed by atoms with E-state index in [2.05, 4.69) is 4.74 Å². The predicted octanol–water partition coefficient (Wildman–Crippen LogP) is 0.501. The van der Waals surface area contributed by atoms with Gasteiger partial charge >= 0.3 is 11.9 Å². The van der Waals surface area contributed by atoms with Gasteiger partial charge in [0.05, 0.1) is 25.6 Å². The second-order valence-corrected chi connectivity index (χ2v) is 3.96. The number of hydrogen-bond donors (Lipinski definition) is 1. The van der Waals surface area contributed by atoms with Gasteiger partial charge in [-0.25, -0.2) is 0 Å². The third-order valence-corrected chi connectivity index (χ3v) is 2.93. The van der Waals surface area contributed by atoms with Crippen LogP contribution in [-0.4, -0.2) is 37.4 Å². The molecule has 0 aromatic carbocycles. The highest BCUT2D eigenvalue weighted by Gasteiger charge is 2.31. The van der Waals surface area contributed by atoms with Gasteiger partial charge in [0.1, 0.15) is 6.61 Å². The predicted molar refractivity (Wildman–Crippen MR) is 55.5 cm³/mol. The molecule has 16 heavy (non-hydrogen) atoms. The van der Waals surface area contributed by atoms with Crippen LogP contribution in [0.15, 0.2) is 0 Å². The van der Waals surface area contributed by atoms with Crippen molar-refractivity contribution >= 4 is 11.9 Å². The zero-order valence-corrected chi connectivity index (χ0v) is 9.48. The maximum absolute atomic E-state index is 11.5. The number of ether oxygens (including phenoxy) is 2. The number of methoxy groups -OCH3 is 1. The summed E-state index contributed by atoms with van der Waals surface area (Å²) in [5, 5.41) is 8.52. The first-order valence-corrected chi connectivity index (χ1v) is 5.54. The van der Waals surface area contributed by atoms with E-state index in [9.17, 15) is 9.59 Å². The Bertz CT molecular complexity index is 243. The van der Waals surface area contributed by atoms with Crippen molar-refractivity contribution in [2.75, 3.05) is 20.3 Å². The highest BCUT2D eigenvalue weighted by atomic mass is 16.5. The second kappa shape index (κ2) is 6.48. The van der Waals surface area contributed by atoms with E-state index in [0.717, 1.165) is 0 Å².